The lowest BCUT2D eigenvalue weighted by molar-refractivity contribution is 0.358. The predicted molar refractivity (Wildman–Crippen MR) is 139 cm³/mol. The molecular weight excluding hydrogens is 398 g/mol. The van der Waals surface area contributed by atoms with Crippen molar-refractivity contribution in [2.45, 2.75) is 44.6 Å². The van der Waals surface area contributed by atoms with Crippen LogP contribution >= 0.6 is 0 Å². The SMILES string of the molecule is C1=CCCC(C2=CCC(N(C3=CCC(C4=CCC=C4)C=C3)[C@H]3CC=C3c3ccccc3)=C2)=C1. The van der Waals surface area contributed by atoms with Gasteiger partial charge in [0.1, 0.15) is 0 Å². The van der Waals surface area contributed by atoms with Gasteiger partial charge < -0.3 is 4.90 Å². The smallest absolute Gasteiger partial charge is 0.0625 e. The van der Waals surface area contributed by atoms with E-state index in [0.717, 1.165) is 38.5 Å². The maximum atomic E-state index is 2.64. The average molecular weight is 430 g/mol. The first kappa shape index (κ1) is 20.3. The second kappa shape index (κ2) is 8.90. The standard InChI is InChI=1S/C32H31N/c1-3-9-25(10-4-1)28-17-20-30(23-28)33(32-22-21-31(32)27-13-5-2-6-14-27)29-18-15-26(16-19-29)24-11-7-8-12-24/h1-3,5-7,9,11-15,17-19,21,23,26,32H,4,8,10,16,20,22H2/t26?,32-/m0/s1. The summed E-state index contributed by atoms with van der Waals surface area (Å²) in [7, 11) is 0. The lowest BCUT2D eigenvalue weighted by Crippen LogP contribution is -2.38. The van der Waals surface area contributed by atoms with Gasteiger partial charge in [-0.1, -0.05) is 91.1 Å². The fourth-order valence-corrected chi connectivity index (χ4v) is 5.61. The fourth-order valence-electron chi connectivity index (χ4n) is 5.61. The Morgan fingerprint density at radius 1 is 0.879 bits per heavy atom. The Hall–Kier alpha value is -3.32. The van der Waals surface area contributed by atoms with Crippen molar-refractivity contribution < 1.29 is 0 Å². The zero-order valence-electron chi connectivity index (χ0n) is 19.2. The molecule has 0 saturated carbocycles. The summed E-state index contributed by atoms with van der Waals surface area (Å²) < 4.78 is 0. The quantitative estimate of drug-likeness (QED) is 0.443. The van der Waals surface area contributed by atoms with Gasteiger partial charge >= 0.3 is 0 Å². The van der Waals surface area contributed by atoms with Gasteiger partial charge in [0.25, 0.3) is 0 Å². The van der Waals surface area contributed by atoms with Crippen LogP contribution in [0.15, 0.2) is 131 Å². The van der Waals surface area contributed by atoms with E-state index in [1.165, 1.54) is 39.2 Å². The zero-order valence-corrected chi connectivity index (χ0v) is 19.2. The average Bonchev–Trinajstić information content (AvgIpc) is 3.56. The van der Waals surface area contributed by atoms with E-state index in [1.54, 1.807) is 0 Å². The van der Waals surface area contributed by atoms with Crippen molar-refractivity contribution in [3.63, 3.8) is 0 Å². The number of allylic oxidation sites excluding steroid dienone is 14. The van der Waals surface area contributed by atoms with Crippen LogP contribution < -0.4 is 0 Å². The summed E-state index contributed by atoms with van der Waals surface area (Å²) in [6.45, 7) is 0. The van der Waals surface area contributed by atoms with Crippen LogP contribution in [0.1, 0.15) is 44.1 Å². The lowest BCUT2D eigenvalue weighted by atomic mass is 9.83. The highest BCUT2D eigenvalue weighted by Crippen LogP contribution is 2.42. The summed E-state index contributed by atoms with van der Waals surface area (Å²) >= 11 is 0. The van der Waals surface area contributed by atoms with Gasteiger partial charge in [0.05, 0.1) is 6.04 Å². The monoisotopic (exact) mass is 429 g/mol. The Bertz CT molecular complexity index is 1210. The molecule has 0 spiro atoms. The van der Waals surface area contributed by atoms with Crippen LogP contribution in [-0.2, 0) is 0 Å². The van der Waals surface area contributed by atoms with Gasteiger partial charge in [-0.05, 0) is 72.1 Å². The van der Waals surface area contributed by atoms with Gasteiger partial charge in [-0.15, -0.1) is 0 Å². The van der Waals surface area contributed by atoms with Crippen molar-refractivity contribution in [1.82, 2.24) is 4.90 Å². The number of rotatable bonds is 6. The van der Waals surface area contributed by atoms with E-state index in [-0.39, 0.29) is 0 Å². The van der Waals surface area contributed by atoms with Crippen molar-refractivity contribution >= 4 is 5.57 Å². The minimum absolute atomic E-state index is 0.407. The summed E-state index contributed by atoms with van der Waals surface area (Å²) in [5, 5.41) is 0. The molecule has 0 aliphatic heterocycles. The predicted octanol–water partition coefficient (Wildman–Crippen LogP) is 7.98. The fraction of sp³-hybridized carbons (Fsp3) is 0.250. The number of benzene rings is 1. The highest BCUT2D eigenvalue weighted by molar-refractivity contribution is 5.75. The molecule has 6 rings (SSSR count). The summed E-state index contributed by atoms with van der Waals surface area (Å²) in [6, 6.07) is 11.3. The Morgan fingerprint density at radius 3 is 2.52 bits per heavy atom. The highest BCUT2D eigenvalue weighted by Gasteiger charge is 2.33. The molecule has 0 N–H and O–H groups in total. The maximum absolute atomic E-state index is 2.64. The van der Waals surface area contributed by atoms with Gasteiger partial charge in [-0.25, -0.2) is 0 Å². The van der Waals surface area contributed by atoms with Gasteiger partial charge in [-0.2, -0.15) is 0 Å². The minimum atomic E-state index is 0.407. The van der Waals surface area contributed by atoms with E-state index in [1.807, 2.05) is 0 Å². The molecule has 2 atom stereocenters. The molecule has 0 heterocycles. The molecule has 0 aromatic heterocycles. The molecule has 0 saturated heterocycles. The highest BCUT2D eigenvalue weighted by atomic mass is 15.2. The Labute approximate surface area is 197 Å². The summed E-state index contributed by atoms with van der Waals surface area (Å²) in [5.74, 6) is 0.519. The van der Waals surface area contributed by atoms with Gasteiger partial charge in [-0.3, -0.25) is 0 Å². The zero-order chi connectivity index (χ0) is 22.0. The van der Waals surface area contributed by atoms with Crippen LogP contribution in [0.5, 0.6) is 0 Å². The largest absolute Gasteiger partial charge is 0.337 e. The first-order valence-electron chi connectivity index (χ1n) is 12.4. The molecule has 0 radical (unpaired) electrons. The van der Waals surface area contributed by atoms with Crippen LogP contribution in [0.4, 0.5) is 0 Å². The molecule has 0 fully saturated rings. The number of hydrogen-bond donors (Lipinski definition) is 0. The second-order valence-electron chi connectivity index (χ2n) is 9.48. The van der Waals surface area contributed by atoms with Crippen LogP contribution in [0, 0.1) is 5.92 Å². The summed E-state index contributed by atoms with van der Waals surface area (Å²) in [6.07, 6.45) is 34.9. The molecule has 1 aromatic rings. The van der Waals surface area contributed by atoms with Crippen LogP contribution in [0.2, 0.25) is 0 Å². The minimum Gasteiger partial charge on any atom is -0.337 e. The number of hydrogen-bond acceptors (Lipinski definition) is 1. The van der Waals surface area contributed by atoms with E-state index in [9.17, 15) is 0 Å². The molecule has 164 valence electrons. The van der Waals surface area contributed by atoms with Crippen LogP contribution in [0.3, 0.4) is 0 Å². The Morgan fingerprint density at radius 2 is 1.82 bits per heavy atom. The van der Waals surface area contributed by atoms with Crippen molar-refractivity contribution in [1.29, 1.82) is 0 Å². The molecular formula is C32H31N. The lowest BCUT2D eigenvalue weighted by Gasteiger charge is -2.42. The van der Waals surface area contributed by atoms with E-state index >= 15 is 0 Å². The molecule has 1 nitrogen and oxygen atoms in total. The first-order chi connectivity index (χ1) is 16.4. The molecule has 5 aliphatic rings. The maximum Gasteiger partial charge on any atom is 0.0625 e. The van der Waals surface area contributed by atoms with Crippen molar-refractivity contribution in [2.75, 3.05) is 0 Å². The van der Waals surface area contributed by atoms with Gasteiger partial charge in [0, 0.05) is 23.7 Å². The molecule has 1 heteroatoms. The van der Waals surface area contributed by atoms with Crippen molar-refractivity contribution in [2.24, 2.45) is 5.92 Å². The third-order valence-electron chi connectivity index (χ3n) is 7.47. The Kier molecular flexibility index (Phi) is 5.48. The first-order valence-corrected chi connectivity index (χ1v) is 12.4. The topological polar surface area (TPSA) is 3.24 Å². The van der Waals surface area contributed by atoms with Crippen LogP contribution in [-0.4, -0.2) is 10.9 Å². The van der Waals surface area contributed by atoms with E-state index in [0.29, 0.717) is 12.0 Å². The molecule has 0 bridgehead atoms. The molecule has 5 aliphatic carbocycles. The van der Waals surface area contributed by atoms with Crippen molar-refractivity contribution in [3.8, 4) is 0 Å². The third-order valence-corrected chi connectivity index (χ3v) is 7.47. The molecule has 0 amide bonds. The third kappa shape index (κ3) is 3.97. The van der Waals surface area contributed by atoms with Crippen LogP contribution in [0.25, 0.3) is 5.57 Å². The van der Waals surface area contributed by atoms with E-state index in [2.05, 4.69) is 108 Å². The molecule has 33 heavy (non-hydrogen) atoms. The van der Waals surface area contributed by atoms with E-state index < -0.39 is 0 Å². The van der Waals surface area contributed by atoms with Crippen molar-refractivity contribution in [3.05, 3.63) is 137 Å². The normalized spacial score (nSPS) is 25.6. The van der Waals surface area contributed by atoms with E-state index in [4.69, 9.17) is 0 Å². The van der Waals surface area contributed by atoms with Gasteiger partial charge in [0.2, 0.25) is 0 Å². The summed E-state index contributed by atoms with van der Waals surface area (Å²) in [5.41, 5.74) is 9.98. The molecule has 1 aromatic carbocycles. The Balaban J connectivity index is 1.30. The second-order valence-corrected chi connectivity index (χ2v) is 9.48. The summed E-state index contributed by atoms with van der Waals surface area (Å²) in [4.78, 5) is 2.64. The van der Waals surface area contributed by atoms with Gasteiger partial charge in [0.15, 0.2) is 0 Å². The molecule has 1 unspecified atom stereocenters. The number of nitrogens with zero attached hydrogens (tertiary/aromatic N) is 1.